The second kappa shape index (κ2) is 16.9. The smallest absolute Gasteiger partial charge is 0.268 e. The zero-order chi connectivity index (χ0) is 27.2. The molecule has 0 saturated heterocycles. The fraction of sp³-hybridized carbons (Fsp3) is 0.414. The number of hydrogen-bond acceptors (Lipinski definition) is 6. The van der Waals surface area contributed by atoms with Gasteiger partial charge >= 0.3 is 0 Å². The molecule has 0 aromatic heterocycles. The molecule has 0 spiro atoms. The zero-order valence-corrected chi connectivity index (χ0v) is 21.6. The number of nitrogens with zero attached hydrogens (tertiary/aromatic N) is 1. The van der Waals surface area contributed by atoms with Crippen molar-refractivity contribution in [2.75, 3.05) is 25.5 Å². The van der Waals surface area contributed by atoms with Gasteiger partial charge in [0, 0.05) is 22.4 Å². The van der Waals surface area contributed by atoms with Gasteiger partial charge in [-0.05, 0) is 75.5 Å². The molecule has 5 N–H and O–H groups in total. The third kappa shape index (κ3) is 11.1. The molecule has 0 aliphatic heterocycles. The minimum Gasteiger partial charge on any atom is -0.391 e. The number of likely N-dealkylation sites (N-methyl/N-ethyl adjacent to an activating group) is 1. The van der Waals surface area contributed by atoms with Crippen LogP contribution in [0.2, 0.25) is 0 Å². The van der Waals surface area contributed by atoms with Crippen LogP contribution in [0.15, 0.2) is 48.5 Å². The molecule has 2 atom stereocenters. The average molecular weight is 525 g/mol. The van der Waals surface area contributed by atoms with Crippen LogP contribution in [0, 0.1) is 11.8 Å². The minimum atomic E-state index is -1.29. The van der Waals surface area contributed by atoms with E-state index in [2.05, 4.69) is 29.4 Å². The maximum absolute atomic E-state index is 12.4. The van der Waals surface area contributed by atoms with Gasteiger partial charge < -0.3 is 15.7 Å². The average Bonchev–Trinajstić information content (AvgIpc) is 2.88. The minimum absolute atomic E-state index is 0. The van der Waals surface area contributed by atoms with E-state index in [4.69, 9.17) is 5.21 Å². The monoisotopic (exact) mass is 524 g/mol. The third-order valence-corrected chi connectivity index (χ3v) is 5.64. The molecule has 2 aromatic carbocycles. The Kier molecular flexibility index (Phi) is 14.4. The van der Waals surface area contributed by atoms with Crippen LogP contribution < -0.4 is 16.1 Å². The number of hydroxylamine groups is 1. The summed E-state index contributed by atoms with van der Waals surface area (Å²) in [5, 5.41) is 23.7. The van der Waals surface area contributed by atoms with E-state index < -0.39 is 24.0 Å². The van der Waals surface area contributed by atoms with E-state index in [1.54, 1.807) is 36.4 Å². The predicted octanol–water partition coefficient (Wildman–Crippen LogP) is 3.16. The number of benzene rings is 2. The van der Waals surface area contributed by atoms with Gasteiger partial charge in [-0.15, -0.1) is 0 Å². The largest absolute Gasteiger partial charge is 0.391 e. The molecule has 0 unspecified atom stereocenters. The van der Waals surface area contributed by atoms with Crippen LogP contribution in [0.25, 0.3) is 0 Å². The van der Waals surface area contributed by atoms with Crippen LogP contribution in [0.3, 0.4) is 0 Å². The summed E-state index contributed by atoms with van der Waals surface area (Å²) in [5.41, 5.74) is 3.84. The summed E-state index contributed by atoms with van der Waals surface area (Å²) in [5.74, 6) is 4.51. The van der Waals surface area contributed by atoms with E-state index in [-0.39, 0.29) is 18.9 Å². The quantitative estimate of drug-likeness (QED) is 0.125. The lowest BCUT2D eigenvalue weighted by molar-refractivity contribution is -0.133. The second-order valence-corrected chi connectivity index (χ2v) is 8.92. The summed E-state index contributed by atoms with van der Waals surface area (Å²) in [6.07, 6.45) is 3.49. The molecular weight excluding hydrogens is 484 g/mol. The lowest BCUT2D eigenvalue weighted by Gasteiger charge is -2.19. The summed E-state index contributed by atoms with van der Waals surface area (Å²) in [6, 6.07) is 12.4. The predicted molar refractivity (Wildman–Crippen MR) is 149 cm³/mol. The topological polar surface area (TPSA) is 131 Å². The van der Waals surface area contributed by atoms with Gasteiger partial charge in [0.25, 0.3) is 11.8 Å². The van der Waals surface area contributed by atoms with E-state index in [0.717, 1.165) is 18.5 Å². The molecule has 2 aromatic rings. The number of anilines is 1. The second-order valence-electron chi connectivity index (χ2n) is 8.92. The van der Waals surface area contributed by atoms with Crippen LogP contribution in [-0.2, 0) is 9.59 Å². The van der Waals surface area contributed by atoms with Gasteiger partial charge in [-0.3, -0.25) is 24.5 Å². The summed E-state index contributed by atoms with van der Waals surface area (Å²) in [6.45, 7) is 4.75. The number of hydrogen-bond donors (Lipinski definition) is 5. The zero-order valence-electron chi connectivity index (χ0n) is 21.6. The van der Waals surface area contributed by atoms with Crippen LogP contribution in [0.5, 0.6) is 0 Å². The molecule has 0 aliphatic rings. The number of nitrogens with one attached hydrogen (secondary N) is 3. The first kappa shape index (κ1) is 32.3. The molecule has 0 bridgehead atoms. The van der Waals surface area contributed by atoms with Crippen molar-refractivity contribution in [3.8, 4) is 11.8 Å². The normalized spacial score (nSPS) is 11.8. The molecule has 0 heterocycles. The van der Waals surface area contributed by atoms with Crippen molar-refractivity contribution in [1.82, 2.24) is 15.7 Å². The van der Waals surface area contributed by atoms with Crippen LogP contribution in [0.4, 0.5) is 5.69 Å². The Labute approximate surface area is 225 Å². The Morgan fingerprint density at radius 1 is 0.947 bits per heavy atom. The standard InChI is InChI=1S/C28H36N4O5.CH4/c1-4-5-6-7-18-32(3)19-25(34)29-24-16-12-22(13-17-24)9-8-21-10-14-23(15-11-21)27(35)30-26(20(2)33)28(36)31-37;/h10-17,20,26,33,37H,4-7,18-19H2,1-3H3,(H,29,34)(H,30,35)(H,31,36);1H4/t20-,26+;/m1./s1. The number of carbonyl (C=O) groups is 3. The molecule has 38 heavy (non-hydrogen) atoms. The highest BCUT2D eigenvalue weighted by Gasteiger charge is 2.25. The maximum Gasteiger partial charge on any atom is 0.268 e. The summed E-state index contributed by atoms with van der Waals surface area (Å²) < 4.78 is 0. The summed E-state index contributed by atoms with van der Waals surface area (Å²) >= 11 is 0. The van der Waals surface area contributed by atoms with Crippen molar-refractivity contribution >= 4 is 23.4 Å². The fourth-order valence-electron chi connectivity index (χ4n) is 3.52. The Morgan fingerprint density at radius 2 is 1.53 bits per heavy atom. The first-order valence-corrected chi connectivity index (χ1v) is 12.4. The van der Waals surface area contributed by atoms with E-state index in [1.165, 1.54) is 31.7 Å². The van der Waals surface area contributed by atoms with E-state index >= 15 is 0 Å². The molecular formula is C29H40N4O5. The lowest BCUT2D eigenvalue weighted by atomic mass is 10.1. The van der Waals surface area contributed by atoms with E-state index in [9.17, 15) is 19.5 Å². The van der Waals surface area contributed by atoms with Crippen molar-refractivity contribution in [3.05, 3.63) is 65.2 Å². The van der Waals surface area contributed by atoms with Gasteiger partial charge in [0.15, 0.2) is 0 Å². The Balaban J connectivity index is 0.00000722. The number of aliphatic hydroxyl groups excluding tert-OH is 1. The van der Waals surface area contributed by atoms with Crippen molar-refractivity contribution in [1.29, 1.82) is 0 Å². The van der Waals surface area contributed by atoms with Gasteiger partial charge in [0.1, 0.15) is 6.04 Å². The highest BCUT2D eigenvalue weighted by Crippen LogP contribution is 2.10. The molecule has 0 saturated carbocycles. The highest BCUT2D eigenvalue weighted by molar-refractivity contribution is 5.97. The van der Waals surface area contributed by atoms with Crippen LogP contribution in [0.1, 0.15) is 68.4 Å². The number of amides is 3. The highest BCUT2D eigenvalue weighted by atomic mass is 16.5. The molecule has 9 nitrogen and oxygen atoms in total. The van der Waals surface area contributed by atoms with Crippen LogP contribution >= 0.6 is 0 Å². The van der Waals surface area contributed by atoms with Crippen molar-refractivity contribution in [2.24, 2.45) is 0 Å². The van der Waals surface area contributed by atoms with Gasteiger partial charge in [0.05, 0.1) is 12.6 Å². The van der Waals surface area contributed by atoms with E-state index in [0.29, 0.717) is 17.8 Å². The number of unbranched alkanes of at least 4 members (excludes halogenated alkanes) is 3. The van der Waals surface area contributed by atoms with Gasteiger partial charge in [-0.1, -0.05) is 45.5 Å². The lowest BCUT2D eigenvalue weighted by Crippen LogP contribution is -2.51. The summed E-state index contributed by atoms with van der Waals surface area (Å²) in [4.78, 5) is 38.2. The Morgan fingerprint density at radius 3 is 2.05 bits per heavy atom. The molecule has 0 fully saturated rings. The molecule has 3 amide bonds. The van der Waals surface area contributed by atoms with Crippen molar-refractivity contribution in [2.45, 2.75) is 59.1 Å². The van der Waals surface area contributed by atoms with Crippen molar-refractivity contribution < 1.29 is 24.7 Å². The first-order chi connectivity index (χ1) is 17.7. The SMILES string of the molecule is C.CCCCCCN(C)CC(=O)Nc1ccc(C#Cc2ccc(C(=O)N[C@H](C(=O)NO)[C@@H](C)O)cc2)cc1. The van der Waals surface area contributed by atoms with E-state index in [1.807, 2.05) is 24.1 Å². The molecule has 0 aliphatic carbocycles. The van der Waals surface area contributed by atoms with Crippen LogP contribution in [-0.4, -0.2) is 65.2 Å². The number of rotatable bonds is 12. The molecule has 0 radical (unpaired) electrons. The fourth-order valence-corrected chi connectivity index (χ4v) is 3.52. The molecule has 2 rings (SSSR count). The Bertz CT molecular complexity index is 1090. The van der Waals surface area contributed by atoms with Gasteiger partial charge in [-0.2, -0.15) is 0 Å². The molecule has 206 valence electrons. The first-order valence-electron chi connectivity index (χ1n) is 12.4. The van der Waals surface area contributed by atoms with Gasteiger partial charge in [-0.25, -0.2) is 5.48 Å². The summed E-state index contributed by atoms with van der Waals surface area (Å²) in [7, 11) is 1.95. The number of aliphatic hydroxyl groups is 1. The Hall–Kier alpha value is -3.71. The van der Waals surface area contributed by atoms with Gasteiger partial charge in [0.2, 0.25) is 5.91 Å². The number of carbonyl (C=O) groups excluding carboxylic acids is 3. The van der Waals surface area contributed by atoms with Crippen molar-refractivity contribution in [3.63, 3.8) is 0 Å². The molecule has 9 heteroatoms. The maximum atomic E-state index is 12.4. The third-order valence-electron chi connectivity index (χ3n) is 5.64.